The highest BCUT2D eigenvalue weighted by molar-refractivity contribution is 6.30. The Bertz CT molecular complexity index is 1130. The van der Waals surface area contributed by atoms with E-state index in [4.69, 9.17) is 16.0 Å². The number of benzene rings is 1. The lowest BCUT2D eigenvalue weighted by Gasteiger charge is -2.04. The summed E-state index contributed by atoms with van der Waals surface area (Å²) in [7, 11) is 0. The zero-order chi connectivity index (χ0) is 19.5. The van der Waals surface area contributed by atoms with Gasteiger partial charge in [-0.3, -0.25) is 14.0 Å². The van der Waals surface area contributed by atoms with Crippen molar-refractivity contribution in [2.75, 3.05) is 5.32 Å². The third-order valence-electron chi connectivity index (χ3n) is 4.07. The summed E-state index contributed by atoms with van der Waals surface area (Å²) in [6.07, 6.45) is 3.22. The van der Waals surface area contributed by atoms with Gasteiger partial charge in [-0.2, -0.15) is 0 Å². The van der Waals surface area contributed by atoms with Crippen LogP contribution in [-0.2, 0) is 6.54 Å². The van der Waals surface area contributed by atoms with E-state index in [1.807, 2.05) is 0 Å². The maximum atomic E-state index is 12.7. The molecule has 4 rings (SSSR count). The average molecular weight is 395 g/mol. The predicted molar refractivity (Wildman–Crippen MR) is 104 cm³/mol. The largest absolute Gasteiger partial charge is 0.467 e. The molecule has 8 heteroatoms. The van der Waals surface area contributed by atoms with E-state index in [-0.39, 0.29) is 18.1 Å². The van der Waals surface area contributed by atoms with Gasteiger partial charge in [0.05, 0.1) is 18.3 Å². The Morgan fingerprint density at radius 2 is 1.86 bits per heavy atom. The molecule has 3 aromatic heterocycles. The van der Waals surface area contributed by atoms with Gasteiger partial charge >= 0.3 is 0 Å². The number of furan rings is 1. The molecule has 2 amide bonds. The molecule has 140 valence electrons. The van der Waals surface area contributed by atoms with Crippen LogP contribution in [0.5, 0.6) is 0 Å². The van der Waals surface area contributed by atoms with Crippen LogP contribution < -0.4 is 10.6 Å². The predicted octanol–water partition coefficient (Wildman–Crippen LogP) is 3.76. The van der Waals surface area contributed by atoms with E-state index in [9.17, 15) is 9.59 Å². The van der Waals surface area contributed by atoms with Crippen molar-refractivity contribution in [3.63, 3.8) is 0 Å². The number of carbonyl (C=O) groups excluding carboxylic acids is 2. The number of pyridine rings is 1. The molecule has 2 N–H and O–H groups in total. The molecule has 0 saturated carbocycles. The van der Waals surface area contributed by atoms with E-state index in [1.165, 1.54) is 6.26 Å². The summed E-state index contributed by atoms with van der Waals surface area (Å²) < 4.78 is 6.79. The lowest BCUT2D eigenvalue weighted by Crippen LogP contribution is -2.23. The van der Waals surface area contributed by atoms with Crippen LogP contribution in [0.15, 0.2) is 71.5 Å². The SMILES string of the molecule is O=C(NCc1ccco1)c1nc(C(=O)Nc2ccc(Cl)cc2)n2ccccc12. The summed E-state index contributed by atoms with van der Waals surface area (Å²) >= 11 is 5.87. The first-order chi connectivity index (χ1) is 13.6. The third kappa shape index (κ3) is 3.60. The molecule has 0 aliphatic rings. The van der Waals surface area contributed by atoms with Gasteiger partial charge in [0.25, 0.3) is 11.8 Å². The molecule has 0 aliphatic carbocycles. The van der Waals surface area contributed by atoms with Crippen LogP contribution in [-0.4, -0.2) is 21.2 Å². The Labute approximate surface area is 164 Å². The van der Waals surface area contributed by atoms with Gasteiger partial charge in [-0.05, 0) is 48.5 Å². The van der Waals surface area contributed by atoms with Crippen molar-refractivity contribution in [2.45, 2.75) is 6.54 Å². The van der Waals surface area contributed by atoms with E-state index >= 15 is 0 Å². The Morgan fingerprint density at radius 1 is 1.04 bits per heavy atom. The maximum Gasteiger partial charge on any atom is 0.292 e. The number of halogens is 1. The minimum absolute atomic E-state index is 0.105. The van der Waals surface area contributed by atoms with Crippen molar-refractivity contribution < 1.29 is 14.0 Å². The minimum atomic E-state index is -0.436. The first-order valence-corrected chi connectivity index (χ1v) is 8.84. The Morgan fingerprint density at radius 3 is 2.61 bits per heavy atom. The quantitative estimate of drug-likeness (QED) is 0.539. The van der Waals surface area contributed by atoms with Gasteiger partial charge in [0, 0.05) is 16.9 Å². The van der Waals surface area contributed by atoms with Crippen LogP contribution in [0.25, 0.3) is 5.52 Å². The lowest BCUT2D eigenvalue weighted by atomic mass is 10.3. The Hall–Kier alpha value is -3.58. The maximum absolute atomic E-state index is 12.7. The summed E-state index contributed by atoms with van der Waals surface area (Å²) in [6, 6.07) is 15.5. The highest BCUT2D eigenvalue weighted by Gasteiger charge is 2.21. The average Bonchev–Trinajstić information content (AvgIpc) is 3.36. The molecule has 28 heavy (non-hydrogen) atoms. The summed E-state index contributed by atoms with van der Waals surface area (Å²) in [5.74, 6) is -0.106. The van der Waals surface area contributed by atoms with Crippen molar-refractivity contribution in [1.82, 2.24) is 14.7 Å². The smallest absolute Gasteiger partial charge is 0.292 e. The molecule has 0 atom stereocenters. The normalized spacial score (nSPS) is 10.8. The summed E-state index contributed by atoms with van der Waals surface area (Å²) in [6.45, 7) is 0.226. The van der Waals surface area contributed by atoms with E-state index in [0.717, 1.165) is 0 Å². The molecule has 3 heterocycles. The zero-order valence-electron chi connectivity index (χ0n) is 14.6. The van der Waals surface area contributed by atoms with Crippen LogP contribution in [0.1, 0.15) is 26.9 Å². The number of imidazole rings is 1. The number of anilines is 1. The van der Waals surface area contributed by atoms with Crippen molar-refractivity contribution in [3.8, 4) is 0 Å². The van der Waals surface area contributed by atoms with Gasteiger partial charge in [0.1, 0.15) is 5.76 Å². The van der Waals surface area contributed by atoms with Crippen LogP contribution in [0, 0.1) is 0 Å². The monoisotopic (exact) mass is 394 g/mol. The van der Waals surface area contributed by atoms with E-state index in [2.05, 4.69) is 15.6 Å². The van der Waals surface area contributed by atoms with Gasteiger partial charge in [0.2, 0.25) is 5.82 Å². The topological polar surface area (TPSA) is 88.6 Å². The van der Waals surface area contributed by atoms with Crippen molar-refractivity contribution in [3.05, 3.63) is 89.4 Å². The fraction of sp³-hybridized carbons (Fsp3) is 0.0500. The van der Waals surface area contributed by atoms with E-state index < -0.39 is 11.8 Å². The molecule has 0 saturated heterocycles. The van der Waals surface area contributed by atoms with Crippen molar-refractivity contribution >= 4 is 34.6 Å². The van der Waals surface area contributed by atoms with Gasteiger partial charge in [-0.15, -0.1) is 0 Å². The van der Waals surface area contributed by atoms with Crippen LogP contribution >= 0.6 is 11.6 Å². The number of nitrogens with zero attached hydrogens (tertiary/aromatic N) is 2. The Balaban J connectivity index is 1.61. The molecule has 0 aliphatic heterocycles. The number of amides is 2. The fourth-order valence-corrected chi connectivity index (χ4v) is 2.88. The van der Waals surface area contributed by atoms with E-state index in [0.29, 0.717) is 22.0 Å². The van der Waals surface area contributed by atoms with Gasteiger partial charge < -0.3 is 15.1 Å². The summed E-state index contributed by atoms with van der Waals surface area (Å²) in [5, 5.41) is 6.07. The molecule has 0 bridgehead atoms. The first-order valence-electron chi connectivity index (χ1n) is 8.46. The first kappa shape index (κ1) is 17.8. The molecule has 0 unspecified atom stereocenters. The zero-order valence-corrected chi connectivity index (χ0v) is 15.3. The molecule has 4 aromatic rings. The van der Waals surface area contributed by atoms with Crippen molar-refractivity contribution in [1.29, 1.82) is 0 Å². The van der Waals surface area contributed by atoms with Gasteiger partial charge in [-0.25, -0.2) is 4.98 Å². The van der Waals surface area contributed by atoms with Crippen LogP contribution in [0.3, 0.4) is 0 Å². The minimum Gasteiger partial charge on any atom is -0.467 e. The number of rotatable bonds is 5. The number of nitrogens with one attached hydrogen (secondary N) is 2. The number of hydrogen-bond acceptors (Lipinski definition) is 4. The summed E-state index contributed by atoms with van der Waals surface area (Å²) in [4.78, 5) is 29.6. The number of carbonyl (C=O) groups is 2. The lowest BCUT2D eigenvalue weighted by molar-refractivity contribution is 0.0945. The molecular formula is C20H15ClN4O3. The standard InChI is InChI=1S/C20H15ClN4O3/c21-13-6-8-14(9-7-13)23-20(27)18-24-17(16-5-1-2-10-25(16)18)19(26)22-12-15-4-3-11-28-15/h1-11H,12H2,(H,22,26)(H,23,27). The van der Waals surface area contributed by atoms with E-state index in [1.54, 1.807) is 65.2 Å². The van der Waals surface area contributed by atoms with Crippen molar-refractivity contribution in [2.24, 2.45) is 0 Å². The highest BCUT2D eigenvalue weighted by atomic mass is 35.5. The molecular weight excluding hydrogens is 380 g/mol. The number of hydrogen-bond donors (Lipinski definition) is 2. The molecule has 0 radical (unpaired) electrons. The number of fused-ring (bicyclic) bond motifs is 1. The highest BCUT2D eigenvalue weighted by Crippen LogP contribution is 2.17. The summed E-state index contributed by atoms with van der Waals surface area (Å²) in [5.41, 5.74) is 1.26. The second kappa shape index (κ2) is 7.58. The molecule has 7 nitrogen and oxygen atoms in total. The van der Waals surface area contributed by atoms with Crippen LogP contribution in [0.2, 0.25) is 5.02 Å². The second-order valence-electron chi connectivity index (χ2n) is 5.96. The second-order valence-corrected chi connectivity index (χ2v) is 6.40. The number of aromatic nitrogens is 2. The van der Waals surface area contributed by atoms with Crippen LogP contribution in [0.4, 0.5) is 5.69 Å². The molecule has 0 fully saturated rings. The molecule has 1 aromatic carbocycles. The van der Waals surface area contributed by atoms with Gasteiger partial charge in [0.15, 0.2) is 5.69 Å². The molecule has 0 spiro atoms. The third-order valence-corrected chi connectivity index (χ3v) is 4.32. The van der Waals surface area contributed by atoms with Gasteiger partial charge in [-0.1, -0.05) is 17.7 Å². The Kier molecular flexibility index (Phi) is 4.82. The fourth-order valence-electron chi connectivity index (χ4n) is 2.75.